The first-order chi connectivity index (χ1) is 58.1. The predicted octanol–water partition coefficient (Wildman–Crippen LogP) is 28.7. The fourth-order valence-corrected chi connectivity index (χ4v) is 20.6. The molecule has 15 aromatic carbocycles. The molecule has 7 heterocycles. The number of nitrogens with zero attached hydrogens (tertiary/aromatic N) is 6. The summed E-state index contributed by atoms with van der Waals surface area (Å²) in [5, 5.41) is 16.6. The third kappa shape index (κ3) is 10.0. The van der Waals surface area contributed by atoms with Crippen LogP contribution in [0.4, 0.5) is 0 Å². The molecule has 9 heteroatoms. The Morgan fingerprint density at radius 2 is 0.814 bits per heavy atom. The molecule has 0 amide bonds. The molecule has 0 spiro atoms. The van der Waals surface area contributed by atoms with Crippen molar-refractivity contribution in [3.63, 3.8) is 0 Å². The second kappa shape index (κ2) is 26.5. The van der Waals surface area contributed by atoms with Crippen LogP contribution in [-0.4, -0.2) is 29.9 Å². The van der Waals surface area contributed by atoms with Crippen LogP contribution in [0.5, 0.6) is 0 Å². The number of hydrogen-bond donors (Lipinski definition) is 0. The summed E-state index contributed by atoms with van der Waals surface area (Å²) in [5.41, 5.74) is 29.9. The average Bonchev–Trinajstić information content (AvgIpc) is 1.54. The van der Waals surface area contributed by atoms with Crippen molar-refractivity contribution in [3.8, 4) is 78.7 Å². The van der Waals surface area contributed by atoms with Gasteiger partial charge in [0.15, 0.2) is 11.6 Å². The van der Waals surface area contributed by atoms with Gasteiger partial charge in [-0.25, -0.2) is 24.9 Å². The summed E-state index contributed by atoms with van der Waals surface area (Å²) >= 11 is 0. The second-order valence-electron chi connectivity index (χ2n) is 32.2. The van der Waals surface area contributed by atoms with Crippen LogP contribution < -0.4 is 0 Å². The maximum Gasteiger partial charge on any atom is 0.159 e. The van der Waals surface area contributed by atoms with Crippen molar-refractivity contribution < 1.29 is 13.3 Å². The van der Waals surface area contributed by atoms with E-state index in [9.17, 15) is 0 Å². The number of para-hydroxylation sites is 4. The molecule has 0 N–H and O–H groups in total. The zero-order chi connectivity index (χ0) is 78.7. The Morgan fingerprint density at radius 3 is 1.47 bits per heavy atom. The molecule has 3 aliphatic rings. The minimum atomic E-state index is -0.359. The van der Waals surface area contributed by atoms with Gasteiger partial charge in [0.05, 0.1) is 22.4 Å². The molecule has 7 aromatic heterocycles. The molecule has 118 heavy (non-hydrogen) atoms. The van der Waals surface area contributed by atoms with E-state index in [1.54, 1.807) is 6.20 Å². The predicted molar refractivity (Wildman–Crippen MR) is 484 cm³/mol. The Bertz CT molecular complexity index is 7900. The van der Waals surface area contributed by atoms with Gasteiger partial charge >= 0.3 is 0 Å². The lowest BCUT2D eigenvalue weighted by Gasteiger charge is -2.32. The Hall–Kier alpha value is -14.5. The number of furan rings is 3. The molecule has 3 aliphatic carbocycles. The quantitative estimate of drug-likeness (QED) is 0.137. The van der Waals surface area contributed by atoms with E-state index >= 15 is 0 Å². The minimum absolute atomic E-state index is 0.116. The first-order valence-electron chi connectivity index (χ1n) is 41.0. The van der Waals surface area contributed by atoms with Crippen molar-refractivity contribution in [1.82, 2.24) is 29.9 Å². The maximum atomic E-state index is 6.76. The van der Waals surface area contributed by atoms with Gasteiger partial charge in [-0.2, -0.15) is 0 Å². The van der Waals surface area contributed by atoms with E-state index in [2.05, 4.69) is 329 Å². The van der Waals surface area contributed by atoms with Gasteiger partial charge in [-0.05, 0) is 169 Å². The third-order valence-electron chi connectivity index (χ3n) is 26.5. The molecule has 9 nitrogen and oxygen atoms in total. The van der Waals surface area contributed by atoms with Gasteiger partial charge in [-0.15, -0.1) is 0 Å². The SMILES string of the molecule is CCC1(C)c2ccc(-c3ncc(-c4ccccn4)cn3)cc2-c2ccc3c(oc4ccccc43)c21.CCC1(C)c2ccc(-c3ncc4c5ccccc5c5ccccc5c4n3)cc2-c2ccc3oc4ccccc4c3c21.CCC1(c2ccccc2)c2cccc(-c3nc4ccccc4c4ccccc34)c2-c2ccc3c(oc4ccccc43)c21. The highest BCUT2D eigenvalue weighted by Crippen LogP contribution is 2.61. The molecule has 0 radical (unpaired) electrons. The third-order valence-corrected chi connectivity index (χ3v) is 26.5. The molecule has 0 saturated carbocycles. The largest absolute Gasteiger partial charge is 0.456 e. The minimum Gasteiger partial charge on any atom is -0.456 e. The summed E-state index contributed by atoms with van der Waals surface area (Å²) in [6.45, 7) is 11.6. The van der Waals surface area contributed by atoms with E-state index in [1.165, 1.54) is 132 Å². The fourth-order valence-electron chi connectivity index (χ4n) is 20.6. The summed E-state index contributed by atoms with van der Waals surface area (Å²) in [4.78, 5) is 29.2. The van der Waals surface area contributed by atoms with E-state index < -0.39 is 0 Å². The number of aromatic nitrogens is 6. The first kappa shape index (κ1) is 69.0. The number of pyridine rings is 2. The molecule has 25 rings (SSSR count). The van der Waals surface area contributed by atoms with Crippen molar-refractivity contribution in [3.05, 3.63) is 373 Å². The lowest BCUT2D eigenvalue weighted by Crippen LogP contribution is -2.26. The lowest BCUT2D eigenvalue weighted by molar-refractivity contribution is 0.553. The summed E-state index contributed by atoms with van der Waals surface area (Å²) in [6.07, 6.45) is 10.4. The van der Waals surface area contributed by atoms with Crippen LogP contribution in [0.3, 0.4) is 0 Å². The molecule has 22 aromatic rings. The molecule has 3 unspecified atom stereocenters. The van der Waals surface area contributed by atoms with E-state index in [0.29, 0.717) is 5.82 Å². The standard InChI is InChI=1S/C40H27NO.C38H26N2O.C31H23N3O/c1-2-40(25-13-4-3-5-14-25)33-20-12-19-32(38-29-18-7-6-15-26(29)27-16-8-10-21-34(27)41-38)36(33)31-24-23-30-28-17-9-11-22-35(28)42-39(30)37(31)40;1-3-38(2)31-18-16-22(20-29(31)26-17-19-33-34(35(26)38)28-14-8-9-15-32(28)41-33)37-39-21-30-25-12-5-4-10-23(25)24-11-6-7-13-27(24)36(30)40-37;1-3-31(2)25-14-11-19(30-33-17-20(18-34-30)26-9-6-7-15-32-26)16-24(25)22-12-13-23-21-8-4-5-10-27(21)35-29(23)28(22)31/h3-24H,2H2,1H3;4-21H,3H2,1-2H3;4-18H,3H2,1-2H3. The van der Waals surface area contributed by atoms with Crippen LogP contribution in [0.2, 0.25) is 0 Å². The highest BCUT2D eigenvalue weighted by molar-refractivity contribution is 6.24. The normalized spacial score (nSPS) is 16.2. The number of fused-ring (bicyclic) bond motifs is 30. The molecule has 0 saturated heterocycles. The van der Waals surface area contributed by atoms with E-state index in [0.717, 1.165) is 119 Å². The average molecular weight is 1520 g/mol. The number of hydrogen-bond acceptors (Lipinski definition) is 9. The lowest BCUT2D eigenvalue weighted by atomic mass is 9.70. The molecular weight excluding hydrogens is 1440 g/mol. The Morgan fingerprint density at radius 1 is 0.297 bits per heavy atom. The van der Waals surface area contributed by atoms with E-state index in [1.807, 2.05) is 48.9 Å². The number of benzene rings is 15. The smallest absolute Gasteiger partial charge is 0.159 e. The van der Waals surface area contributed by atoms with Crippen LogP contribution in [0, 0.1) is 0 Å². The second-order valence-corrected chi connectivity index (χ2v) is 32.2. The zero-order valence-corrected chi connectivity index (χ0v) is 65.8. The topological polar surface area (TPSA) is 117 Å². The van der Waals surface area contributed by atoms with Gasteiger partial charge in [0, 0.05) is 128 Å². The summed E-state index contributed by atoms with van der Waals surface area (Å²) in [6, 6.07) is 110. The van der Waals surface area contributed by atoms with Gasteiger partial charge in [0.1, 0.15) is 33.5 Å². The summed E-state index contributed by atoms with van der Waals surface area (Å²) in [5.74, 6) is 1.46. The highest BCUT2D eigenvalue weighted by atomic mass is 16.3. The van der Waals surface area contributed by atoms with Crippen LogP contribution in [0.1, 0.15) is 92.8 Å². The van der Waals surface area contributed by atoms with E-state index in [-0.39, 0.29) is 16.2 Å². The van der Waals surface area contributed by atoms with E-state index in [4.69, 9.17) is 28.2 Å². The van der Waals surface area contributed by atoms with Crippen LogP contribution in [-0.2, 0) is 16.2 Å². The van der Waals surface area contributed by atoms with Crippen LogP contribution in [0.25, 0.3) is 199 Å². The maximum absolute atomic E-state index is 6.76. The first-order valence-corrected chi connectivity index (χ1v) is 41.0. The van der Waals surface area contributed by atoms with Crippen molar-refractivity contribution in [2.24, 2.45) is 0 Å². The van der Waals surface area contributed by atoms with Gasteiger partial charge < -0.3 is 13.3 Å². The molecule has 560 valence electrons. The Labute approximate surface area is 680 Å². The molecular formula is C109H76N6O3. The Kier molecular flexibility index (Phi) is 15.5. The van der Waals surface area contributed by atoms with Crippen molar-refractivity contribution >= 4 is 120 Å². The summed E-state index contributed by atoms with van der Waals surface area (Å²) in [7, 11) is 0. The van der Waals surface area contributed by atoms with Crippen molar-refractivity contribution in [2.45, 2.75) is 70.1 Å². The van der Waals surface area contributed by atoms with Crippen LogP contribution >= 0.6 is 0 Å². The van der Waals surface area contributed by atoms with Crippen molar-refractivity contribution in [2.75, 3.05) is 0 Å². The van der Waals surface area contributed by atoms with Crippen molar-refractivity contribution in [1.29, 1.82) is 0 Å². The highest BCUT2D eigenvalue weighted by Gasteiger charge is 2.48. The Balaban J connectivity index is 0.000000104. The van der Waals surface area contributed by atoms with Gasteiger partial charge in [-0.3, -0.25) is 4.98 Å². The molecule has 0 aliphatic heterocycles. The fraction of sp³-hybridized carbons (Fsp3) is 0.101. The number of rotatable bonds is 8. The zero-order valence-electron chi connectivity index (χ0n) is 65.8. The molecule has 0 bridgehead atoms. The molecule has 0 fully saturated rings. The van der Waals surface area contributed by atoms with Crippen LogP contribution in [0.15, 0.2) is 347 Å². The van der Waals surface area contributed by atoms with Gasteiger partial charge in [0.25, 0.3) is 0 Å². The monoisotopic (exact) mass is 1520 g/mol. The van der Waals surface area contributed by atoms with Gasteiger partial charge in [0.2, 0.25) is 0 Å². The molecule has 3 atom stereocenters. The summed E-state index contributed by atoms with van der Waals surface area (Å²) < 4.78 is 19.5. The van der Waals surface area contributed by atoms with Gasteiger partial charge in [-0.1, -0.05) is 277 Å².